The molecule has 0 radical (unpaired) electrons. The summed E-state index contributed by atoms with van der Waals surface area (Å²) in [7, 11) is 0. The third-order valence-electron chi connectivity index (χ3n) is 3.83. The van der Waals surface area contributed by atoms with Gasteiger partial charge < -0.3 is 10.1 Å². The molecular formula is C20H19N3O3. The number of H-pyrrole nitrogens is 1. The first kappa shape index (κ1) is 17.4. The number of carbonyl (C=O) groups excluding carboxylic acids is 2. The van der Waals surface area contributed by atoms with Crippen LogP contribution in [0, 0.1) is 0 Å². The number of ether oxygens (including phenoxy) is 1. The second-order valence-electron chi connectivity index (χ2n) is 5.78. The first-order chi connectivity index (χ1) is 12.6. The predicted molar refractivity (Wildman–Crippen MR) is 97.2 cm³/mol. The maximum atomic E-state index is 12.2. The fourth-order valence-corrected chi connectivity index (χ4v) is 2.39. The van der Waals surface area contributed by atoms with Gasteiger partial charge >= 0.3 is 5.97 Å². The Labute approximate surface area is 151 Å². The van der Waals surface area contributed by atoms with Gasteiger partial charge in [0.2, 0.25) is 0 Å². The van der Waals surface area contributed by atoms with E-state index in [2.05, 4.69) is 15.5 Å². The van der Waals surface area contributed by atoms with Gasteiger partial charge in [-0.25, -0.2) is 4.79 Å². The summed E-state index contributed by atoms with van der Waals surface area (Å²) in [6.45, 7) is 1.91. The summed E-state index contributed by atoms with van der Waals surface area (Å²) in [6.07, 6.45) is -0.908. The van der Waals surface area contributed by atoms with E-state index < -0.39 is 12.1 Å². The number of nitrogens with zero attached hydrogens (tertiary/aromatic N) is 1. The monoisotopic (exact) mass is 349 g/mol. The van der Waals surface area contributed by atoms with Crippen molar-refractivity contribution in [3.63, 3.8) is 0 Å². The van der Waals surface area contributed by atoms with Gasteiger partial charge in [-0.1, -0.05) is 60.7 Å². The van der Waals surface area contributed by atoms with Crippen LogP contribution in [-0.4, -0.2) is 28.2 Å². The topological polar surface area (TPSA) is 84.1 Å². The SMILES string of the molecule is C[C@H](OC(=O)c1cc(-c2ccccc2)n[nH]1)C(=O)NCc1ccccc1. The zero-order chi connectivity index (χ0) is 18.4. The molecule has 1 amide bonds. The number of rotatable bonds is 6. The van der Waals surface area contributed by atoms with Crippen molar-refractivity contribution < 1.29 is 14.3 Å². The van der Waals surface area contributed by atoms with Gasteiger partial charge in [-0.3, -0.25) is 9.89 Å². The van der Waals surface area contributed by atoms with Gasteiger partial charge in [0.05, 0.1) is 5.69 Å². The minimum atomic E-state index is -0.908. The summed E-state index contributed by atoms with van der Waals surface area (Å²) in [5.74, 6) is -0.980. The normalized spacial score (nSPS) is 11.6. The van der Waals surface area contributed by atoms with E-state index in [9.17, 15) is 9.59 Å². The van der Waals surface area contributed by atoms with Gasteiger partial charge in [0.1, 0.15) is 5.69 Å². The number of esters is 1. The Bertz CT molecular complexity index is 876. The highest BCUT2D eigenvalue weighted by molar-refractivity contribution is 5.91. The molecule has 1 aromatic heterocycles. The molecule has 0 unspecified atom stereocenters. The van der Waals surface area contributed by atoms with Gasteiger partial charge in [0.25, 0.3) is 5.91 Å². The number of hydrogen-bond donors (Lipinski definition) is 2. The molecule has 26 heavy (non-hydrogen) atoms. The molecule has 132 valence electrons. The Balaban J connectivity index is 1.55. The molecule has 0 aliphatic rings. The highest BCUT2D eigenvalue weighted by Gasteiger charge is 2.20. The fourth-order valence-electron chi connectivity index (χ4n) is 2.39. The van der Waals surface area contributed by atoms with E-state index in [1.165, 1.54) is 6.92 Å². The number of benzene rings is 2. The van der Waals surface area contributed by atoms with Crippen molar-refractivity contribution in [3.05, 3.63) is 78.0 Å². The average Bonchev–Trinajstić information content (AvgIpc) is 3.18. The number of carbonyl (C=O) groups is 2. The Morgan fingerprint density at radius 1 is 1.08 bits per heavy atom. The summed E-state index contributed by atoms with van der Waals surface area (Å²) in [4.78, 5) is 24.3. The molecule has 0 aliphatic carbocycles. The van der Waals surface area contributed by atoms with E-state index in [0.717, 1.165) is 11.1 Å². The lowest BCUT2D eigenvalue weighted by molar-refractivity contribution is -0.129. The summed E-state index contributed by atoms with van der Waals surface area (Å²) in [5.41, 5.74) is 2.70. The van der Waals surface area contributed by atoms with Crippen LogP contribution in [0.5, 0.6) is 0 Å². The van der Waals surface area contributed by atoms with E-state index in [-0.39, 0.29) is 11.6 Å². The maximum Gasteiger partial charge on any atom is 0.357 e. The van der Waals surface area contributed by atoms with E-state index in [0.29, 0.717) is 12.2 Å². The highest BCUT2D eigenvalue weighted by Crippen LogP contribution is 2.17. The zero-order valence-corrected chi connectivity index (χ0v) is 14.3. The standard InChI is InChI=1S/C20H19N3O3/c1-14(19(24)21-13-15-8-4-2-5-9-15)26-20(25)18-12-17(22-23-18)16-10-6-3-7-11-16/h2-12,14H,13H2,1H3,(H,21,24)(H,22,23)/t14-/m0/s1. The van der Waals surface area contributed by atoms with Gasteiger partial charge in [0.15, 0.2) is 6.10 Å². The van der Waals surface area contributed by atoms with Crippen molar-refractivity contribution >= 4 is 11.9 Å². The molecule has 0 aliphatic heterocycles. The summed E-state index contributed by atoms with van der Waals surface area (Å²) >= 11 is 0. The number of aromatic amines is 1. The van der Waals surface area contributed by atoms with Crippen molar-refractivity contribution in [1.29, 1.82) is 0 Å². The number of aromatic nitrogens is 2. The summed E-state index contributed by atoms with van der Waals surface area (Å²) in [6, 6.07) is 20.6. The molecule has 6 heteroatoms. The molecule has 2 aromatic carbocycles. The lowest BCUT2D eigenvalue weighted by atomic mass is 10.1. The minimum Gasteiger partial charge on any atom is -0.448 e. The summed E-state index contributed by atoms with van der Waals surface area (Å²) < 4.78 is 5.21. The maximum absolute atomic E-state index is 12.2. The van der Waals surface area contributed by atoms with Crippen LogP contribution >= 0.6 is 0 Å². The Hall–Kier alpha value is -3.41. The molecule has 0 fully saturated rings. The molecule has 0 bridgehead atoms. The lowest BCUT2D eigenvalue weighted by Gasteiger charge is -2.12. The predicted octanol–water partition coefficient (Wildman–Crippen LogP) is 2.94. The molecule has 0 saturated carbocycles. The largest absolute Gasteiger partial charge is 0.448 e. The fraction of sp³-hybridized carbons (Fsp3) is 0.150. The summed E-state index contributed by atoms with van der Waals surface area (Å²) in [5, 5.41) is 9.50. The molecule has 1 heterocycles. The molecule has 3 aromatic rings. The van der Waals surface area contributed by atoms with Gasteiger partial charge in [-0.15, -0.1) is 0 Å². The first-order valence-corrected chi connectivity index (χ1v) is 8.27. The molecule has 1 atom stereocenters. The van der Waals surface area contributed by atoms with Gasteiger partial charge in [-0.05, 0) is 18.6 Å². The number of hydrogen-bond acceptors (Lipinski definition) is 4. The molecule has 0 spiro atoms. The van der Waals surface area contributed by atoms with Crippen LogP contribution in [0.3, 0.4) is 0 Å². The second-order valence-corrected chi connectivity index (χ2v) is 5.78. The first-order valence-electron chi connectivity index (χ1n) is 8.27. The van der Waals surface area contributed by atoms with E-state index in [1.807, 2.05) is 60.7 Å². The van der Waals surface area contributed by atoms with Crippen LogP contribution in [0.25, 0.3) is 11.3 Å². The molecule has 3 rings (SSSR count). The van der Waals surface area contributed by atoms with Gasteiger partial charge in [-0.2, -0.15) is 5.10 Å². The Morgan fingerprint density at radius 2 is 1.73 bits per heavy atom. The van der Waals surface area contributed by atoms with Crippen molar-refractivity contribution in [1.82, 2.24) is 15.5 Å². The van der Waals surface area contributed by atoms with Crippen molar-refractivity contribution in [2.75, 3.05) is 0 Å². The average molecular weight is 349 g/mol. The lowest BCUT2D eigenvalue weighted by Crippen LogP contribution is -2.35. The number of nitrogens with one attached hydrogen (secondary N) is 2. The van der Waals surface area contributed by atoms with Crippen LogP contribution in [0.15, 0.2) is 66.7 Å². The Kier molecular flexibility index (Phi) is 5.43. The molecule has 2 N–H and O–H groups in total. The van der Waals surface area contributed by atoms with E-state index in [1.54, 1.807) is 6.07 Å². The molecule has 0 saturated heterocycles. The van der Waals surface area contributed by atoms with Crippen molar-refractivity contribution in [3.8, 4) is 11.3 Å². The van der Waals surface area contributed by atoms with Crippen LogP contribution in [-0.2, 0) is 16.1 Å². The van der Waals surface area contributed by atoms with Crippen molar-refractivity contribution in [2.45, 2.75) is 19.6 Å². The molecule has 6 nitrogen and oxygen atoms in total. The zero-order valence-electron chi connectivity index (χ0n) is 14.3. The van der Waals surface area contributed by atoms with Crippen LogP contribution in [0.1, 0.15) is 23.0 Å². The van der Waals surface area contributed by atoms with Crippen LogP contribution < -0.4 is 5.32 Å². The van der Waals surface area contributed by atoms with E-state index in [4.69, 9.17) is 4.74 Å². The van der Waals surface area contributed by atoms with Crippen LogP contribution in [0.2, 0.25) is 0 Å². The third-order valence-corrected chi connectivity index (χ3v) is 3.83. The highest BCUT2D eigenvalue weighted by atomic mass is 16.5. The van der Waals surface area contributed by atoms with E-state index >= 15 is 0 Å². The number of amides is 1. The smallest absolute Gasteiger partial charge is 0.357 e. The minimum absolute atomic E-state index is 0.201. The van der Waals surface area contributed by atoms with Crippen molar-refractivity contribution in [2.24, 2.45) is 0 Å². The second kappa shape index (κ2) is 8.11. The van der Waals surface area contributed by atoms with Crippen LogP contribution in [0.4, 0.5) is 0 Å². The quantitative estimate of drug-likeness (QED) is 0.670. The third kappa shape index (κ3) is 4.36. The Morgan fingerprint density at radius 3 is 2.42 bits per heavy atom. The molecular weight excluding hydrogens is 330 g/mol. The van der Waals surface area contributed by atoms with Gasteiger partial charge in [0, 0.05) is 12.1 Å².